The second kappa shape index (κ2) is 6.51. The number of piperidine rings is 1. The van der Waals surface area contributed by atoms with Crippen molar-refractivity contribution in [3.63, 3.8) is 0 Å². The Morgan fingerprint density at radius 3 is 2.14 bits per heavy atom. The van der Waals surface area contributed by atoms with E-state index in [1.807, 2.05) is 4.90 Å². The number of aromatic carboxylic acids is 1. The first-order valence-electron chi connectivity index (χ1n) is 7.87. The third-order valence-corrected chi connectivity index (χ3v) is 4.63. The second-order valence-electron chi connectivity index (χ2n) is 7.20. The molecule has 0 bridgehead atoms. The molecule has 0 unspecified atom stereocenters. The van der Waals surface area contributed by atoms with Crippen LogP contribution < -0.4 is 0 Å². The minimum atomic E-state index is -0.942. The maximum absolute atomic E-state index is 12.4. The van der Waals surface area contributed by atoms with Gasteiger partial charge in [-0.05, 0) is 41.9 Å². The van der Waals surface area contributed by atoms with Gasteiger partial charge in [-0.15, -0.1) is 0 Å². The Labute approximate surface area is 132 Å². The van der Waals surface area contributed by atoms with E-state index in [0.29, 0.717) is 17.8 Å². The summed E-state index contributed by atoms with van der Waals surface area (Å²) in [4.78, 5) is 25.1. The smallest absolute Gasteiger partial charge is 0.335 e. The number of carbonyl (C=O) groups is 2. The van der Waals surface area contributed by atoms with Gasteiger partial charge in [0.05, 0.1) is 12.0 Å². The Bertz CT molecular complexity index is 534. The summed E-state index contributed by atoms with van der Waals surface area (Å²) in [6, 6.07) is 6.56. The number of amides is 1. The van der Waals surface area contributed by atoms with Gasteiger partial charge in [-0.3, -0.25) is 4.79 Å². The van der Waals surface area contributed by atoms with Gasteiger partial charge in [0.25, 0.3) is 0 Å². The maximum atomic E-state index is 12.4. The lowest BCUT2D eigenvalue weighted by atomic mass is 9.75. The summed E-state index contributed by atoms with van der Waals surface area (Å²) >= 11 is 0. The van der Waals surface area contributed by atoms with Crippen molar-refractivity contribution >= 4 is 11.9 Å². The van der Waals surface area contributed by atoms with Crippen LogP contribution in [-0.2, 0) is 11.2 Å². The highest BCUT2D eigenvalue weighted by molar-refractivity contribution is 5.87. The molecular weight excluding hydrogens is 278 g/mol. The minimum Gasteiger partial charge on any atom is -0.478 e. The normalized spacial score (nSPS) is 16.6. The number of likely N-dealkylation sites (tertiary alicyclic amines) is 1. The van der Waals surface area contributed by atoms with E-state index in [9.17, 15) is 9.59 Å². The molecule has 0 saturated carbocycles. The number of nitrogens with zero attached hydrogens (tertiary/aromatic N) is 1. The van der Waals surface area contributed by atoms with Gasteiger partial charge < -0.3 is 10.0 Å². The van der Waals surface area contributed by atoms with Crippen LogP contribution in [0.15, 0.2) is 24.3 Å². The van der Waals surface area contributed by atoms with E-state index in [1.54, 1.807) is 24.3 Å². The molecule has 1 fully saturated rings. The van der Waals surface area contributed by atoms with Gasteiger partial charge in [0, 0.05) is 13.1 Å². The monoisotopic (exact) mass is 303 g/mol. The van der Waals surface area contributed by atoms with Gasteiger partial charge in [0.15, 0.2) is 0 Å². The number of hydrogen-bond donors (Lipinski definition) is 1. The Hall–Kier alpha value is -1.84. The van der Waals surface area contributed by atoms with Crippen molar-refractivity contribution in [2.24, 2.45) is 11.3 Å². The Morgan fingerprint density at radius 1 is 1.14 bits per heavy atom. The molecule has 1 heterocycles. The van der Waals surface area contributed by atoms with Gasteiger partial charge in [-0.25, -0.2) is 4.79 Å². The fourth-order valence-corrected chi connectivity index (χ4v) is 3.05. The molecule has 1 saturated heterocycles. The summed E-state index contributed by atoms with van der Waals surface area (Å²) in [5.41, 5.74) is 1.43. The Kier molecular flexibility index (Phi) is 4.89. The zero-order valence-corrected chi connectivity index (χ0v) is 13.6. The van der Waals surface area contributed by atoms with Crippen molar-refractivity contribution in [2.45, 2.75) is 40.0 Å². The largest absolute Gasteiger partial charge is 0.478 e. The van der Waals surface area contributed by atoms with Crippen LogP contribution in [0.2, 0.25) is 0 Å². The molecule has 0 aliphatic carbocycles. The van der Waals surface area contributed by atoms with Gasteiger partial charge in [-0.1, -0.05) is 32.9 Å². The molecule has 1 N–H and O–H groups in total. The van der Waals surface area contributed by atoms with Crippen LogP contribution in [0.5, 0.6) is 0 Å². The van der Waals surface area contributed by atoms with Crippen molar-refractivity contribution in [1.29, 1.82) is 0 Å². The summed E-state index contributed by atoms with van der Waals surface area (Å²) in [5.74, 6) is -0.135. The van der Waals surface area contributed by atoms with Crippen molar-refractivity contribution < 1.29 is 14.7 Å². The molecule has 2 rings (SSSR count). The van der Waals surface area contributed by atoms with Crippen molar-refractivity contribution in [3.8, 4) is 0 Å². The zero-order chi connectivity index (χ0) is 16.3. The maximum Gasteiger partial charge on any atom is 0.335 e. The molecule has 120 valence electrons. The zero-order valence-electron chi connectivity index (χ0n) is 13.6. The topological polar surface area (TPSA) is 57.6 Å². The number of rotatable bonds is 3. The van der Waals surface area contributed by atoms with E-state index in [2.05, 4.69) is 20.8 Å². The van der Waals surface area contributed by atoms with Crippen LogP contribution in [-0.4, -0.2) is 35.0 Å². The Balaban J connectivity index is 1.89. The molecule has 1 aromatic carbocycles. The third kappa shape index (κ3) is 4.09. The summed E-state index contributed by atoms with van der Waals surface area (Å²) in [5, 5.41) is 8.88. The average Bonchev–Trinajstić information content (AvgIpc) is 2.47. The van der Waals surface area contributed by atoms with Crippen LogP contribution >= 0.6 is 0 Å². The third-order valence-electron chi connectivity index (χ3n) is 4.63. The predicted octanol–water partition coefficient (Wildman–Crippen LogP) is 3.21. The molecule has 1 aliphatic rings. The summed E-state index contributed by atoms with van der Waals surface area (Å²) < 4.78 is 0. The predicted molar refractivity (Wildman–Crippen MR) is 85.9 cm³/mol. The fourth-order valence-electron chi connectivity index (χ4n) is 3.05. The van der Waals surface area contributed by atoms with E-state index in [0.717, 1.165) is 31.5 Å². The van der Waals surface area contributed by atoms with E-state index in [1.165, 1.54) is 0 Å². The molecule has 0 radical (unpaired) electrons. The van der Waals surface area contributed by atoms with Crippen LogP contribution in [0.4, 0.5) is 0 Å². The minimum absolute atomic E-state index is 0.135. The highest BCUT2D eigenvalue weighted by atomic mass is 16.4. The quantitative estimate of drug-likeness (QED) is 0.933. The van der Waals surface area contributed by atoms with E-state index in [-0.39, 0.29) is 11.5 Å². The van der Waals surface area contributed by atoms with Crippen molar-refractivity contribution in [3.05, 3.63) is 35.4 Å². The molecule has 4 nitrogen and oxygen atoms in total. The van der Waals surface area contributed by atoms with E-state index in [4.69, 9.17) is 5.11 Å². The summed E-state index contributed by atoms with van der Waals surface area (Å²) in [6.07, 6.45) is 2.47. The second-order valence-corrected chi connectivity index (χ2v) is 7.20. The number of carbonyl (C=O) groups excluding carboxylic acids is 1. The van der Waals surface area contributed by atoms with Crippen molar-refractivity contribution in [2.75, 3.05) is 13.1 Å². The molecule has 22 heavy (non-hydrogen) atoms. The van der Waals surface area contributed by atoms with Gasteiger partial charge in [0.1, 0.15) is 0 Å². The molecule has 0 spiro atoms. The molecule has 4 heteroatoms. The number of carboxylic acid groups (broad SMARTS) is 1. The molecule has 0 aromatic heterocycles. The average molecular weight is 303 g/mol. The highest BCUT2D eigenvalue weighted by Crippen LogP contribution is 2.34. The molecule has 0 atom stereocenters. The standard InChI is InChI=1S/C18H25NO3/c1-18(2,3)15-8-10-19(11-9-15)16(20)12-13-4-6-14(7-5-13)17(21)22/h4-7,15H,8-12H2,1-3H3,(H,21,22). The molecular formula is C18H25NO3. The van der Waals surface area contributed by atoms with Crippen LogP contribution in [0.1, 0.15) is 49.5 Å². The highest BCUT2D eigenvalue weighted by Gasteiger charge is 2.30. The van der Waals surface area contributed by atoms with Crippen LogP contribution in [0.3, 0.4) is 0 Å². The molecule has 1 aliphatic heterocycles. The lowest BCUT2D eigenvalue weighted by Crippen LogP contribution is -2.42. The first-order chi connectivity index (χ1) is 10.3. The fraction of sp³-hybridized carbons (Fsp3) is 0.556. The summed E-state index contributed by atoms with van der Waals surface area (Å²) in [7, 11) is 0. The number of hydrogen-bond acceptors (Lipinski definition) is 2. The van der Waals surface area contributed by atoms with Gasteiger partial charge >= 0.3 is 5.97 Å². The van der Waals surface area contributed by atoms with Gasteiger partial charge in [-0.2, -0.15) is 0 Å². The SMILES string of the molecule is CC(C)(C)C1CCN(C(=O)Cc2ccc(C(=O)O)cc2)CC1. The van der Waals surface area contributed by atoms with E-state index < -0.39 is 5.97 Å². The van der Waals surface area contributed by atoms with Crippen LogP contribution in [0, 0.1) is 11.3 Å². The first kappa shape index (κ1) is 16.5. The Morgan fingerprint density at radius 2 is 1.68 bits per heavy atom. The van der Waals surface area contributed by atoms with Gasteiger partial charge in [0.2, 0.25) is 5.91 Å². The van der Waals surface area contributed by atoms with E-state index >= 15 is 0 Å². The molecule has 1 aromatic rings. The first-order valence-corrected chi connectivity index (χ1v) is 7.87. The van der Waals surface area contributed by atoms with Crippen LogP contribution in [0.25, 0.3) is 0 Å². The lowest BCUT2D eigenvalue weighted by molar-refractivity contribution is -0.132. The number of carboxylic acids is 1. The van der Waals surface area contributed by atoms with Crippen molar-refractivity contribution in [1.82, 2.24) is 4.90 Å². The lowest BCUT2D eigenvalue weighted by Gasteiger charge is -2.38. The number of benzene rings is 1. The molecule has 1 amide bonds. The summed E-state index contributed by atoms with van der Waals surface area (Å²) in [6.45, 7) is 8.44.